The van der Waals surface area contributed by atoms with Gasteiger partial charge in [-0.2, -0.15) is 0 Å². The van der Waals surface area contributed by atoms with Crippen molar-refractivity contribution in [2.24, 2.45) is 0 Å². The minimum Gasteiger partial charge on any atom is -0.347 e. The Morgan fingerprint density at radius 2 is 2.25 bits per heavy atom. The van der Waals surface area contributed by atoms with Crippen LogP contribution in [0.25, 0.3) is 0 Å². The molecule has 2 heterocycles. The Morgan fingerprint density at radius 1 is 1.50 bits per heavy atom. The van der Waals surface area contributed by atoms with Crippen LogP contribution >= 0.6 is 22.6 Å². The summed E-state index contributed by atoms with van der Waals surface area (Å²) < 4.78 is 1.17. The first-order valence-corrected chi connectivity index (χ1v) is 6.57. The molecule has 16 heavy (non-hydrogen) atoms. The summed E-state index contributed by atoms with van der Waals surface area (Å²) in [6.45, 7) is 1.17. The molecule has 1 aromatic rings. The van der Waals surface area contributed by atoms with Crippen LogP contribution in [0, 0.1) is 3.57 Å². The van der Waals surface area contributed by atoms with E-state index in [2.05, 4.69) is 44.5 Å². The van der Waals surface area contributed by atoms with Crippen molar-refractivity contribution in [1.82, 2.24) is 14.9 Å². The number of hydrogen-bond acceptors (Lipinski definition) is 4. The summed E-state index contributed by atoms with van der Waals surface area (Å²) in [4.78, 5) is 13.3. The van der Waals surface area contributed by atoms with Crippen LogP contribution in [0.4, 0.5) is 5.95 Å². The molecule has 0 radical (unpaired) electrons. The van der Waals surface area contributed by atoms with E-state index in [1.807, 2.05) is 25.2 Å². The van der Waals surface area contributed by atoms with E-state index in [0.717, 1.165) is 5.95 Å². The van der Waals surface area contributed by atoms with Gasteiger partial charge in [-0.05, 0) is 49.0 Å². The van der Waals surface area contributed by atoms with Gasteiger partial charge < -0.3 is 4.90 Å². The first-order chi connectivity index (χ1) is 7.59. The predicted molar refractivity (Wildman–Crippen MR) is 73.7 cm³/mol. The molecule has 0 aliphatic carbocycles. The number of anilines is 1. The number of aromatic nitrogens is 2. The van der Waals surface area contributed by atoms with Crippen molar-refractivity contribution in [1.29, 1.82) is 0 Å². The highest BCUT2D eigenvalue weighted by atomic mass is 127. The maximum atomic E-state index is 4.67. The van der Waals surface area contributed by atoms with Crippen molar-refractivity contribution in [3.63, 3.8) is 0 Å². The fourth-order valence-electron chi connectivity index (χ4n) is 2.08. The summed E-state index contributed by atoms with van der Waals surface area (Å²) in [6.07, 6.45) is 4.39. The number of likely N-dealkylation sites (tertiary alicyclic amines) is 1. The molecule has 0 saturated carbocycles. The largest absolute Gasteiger partial charge is 0.347 e. The Kier molecular flexibility index (Phi) is 3.63. The van der Waals surface area contributed by atoms with Crippen LogP contribution in [0.2, 0.25) is 0 Å². The summed E-state index contributed by atoms with van der Waals surface area (Å²) in [5.74, 6) is 0.802. The summed E-state index contributed by atoms with van der Waals surface area (Å²) in [6, 6.07) is 0.466. The molecule has 5 heteroatoms. The lowest BCUT2D eigenvalue weighted by molar-refractivity contribution is 0.310. The van der Waals surface area contributed by atoms with E-state index in [-0.39, 0.29) is 0 Å². The third-order valence-electron chi connectivity index (χ3n) is 2.99. The second kappa shape index (κ2) is 4.83. The van der Waals surface area contributed by atoms with E-state index >= 15 is 0 Å². The molecule has 0 bridgehead atoms. The van der Waals surface area contributed by atoms with Gasteiger partial charge in [-0.15, -0.1) is 0 Å². The molecule has 1 aliphatic heterocycles. The highest BCUT2D eigenvalue weighted by molar-refractivity contribution is 14.1. The molecule has 1 aliphatic rings. The molecule has 2 rings (SSSR count). The van der Waals surface area contributed by atoms with Crippen molar-refractivity contribution in [3.8, 4) is 0 Å². The number of halogens is 1. The molecule has 4 nitrogen and oxygen atoms in total. The van der Waals surface area contributed by atoms with Crippen LogP contribution < -0.4 is 4.90 Å². The van der Waals surface area contributed by atoms with E-state index < -0.39 is 0 Å². The zero-order valence-electron chi connectivity index (χ0n) is 9.94. The van der Waals surface area contributed by atoms with Gasteiger partial charge in [0.25, 0.3) is 0 Å². The molecule has 0 aromatic carbocycles. The number of nitrogens with zero attached hydrogens (tertiary/aromatic N) is 4. The van der Waals surface area contributed by atoms with Crippen LogP contribution in [0.1, 0.15) is 24.6 Å². The van der Waals surface area contributed by atoms with Gasteiger partial charge in [-0.3, -0.25) is 4.90 Å². The lowest BCUT2D eigenvalue weighted by Gasteiger charge is -2.21. The van der Waals surface area contributed by atoms with Crippen LogP contribution in [-0.2, 0) is 0 Å². The first kappa shape index (κ1) is 12.0. The van der Waals surface area contributed by atoms with E-state index in [1.165, 1.54) is 28.7 Å². The Balaban J connectivity index is 2.35. The second-order valence-electron chi connectivity index (χ2n) is 4.44. The SMILES string of the molecule is CN(C)c1ncc(I)c([C@H]2CCCN2C)n1. The lowest BCUT2D eigenvalue weighted by Crippen LogP contribution is -2.21. The van der Waals surface area contributed by atoms with Crippen molar-refractivity contribution in [2.75, 3.05) is 32.6 Å². The van der Waals surface area contributed by atoms with Gasteiger partial charge in [0, 0.05) is 20.3 Å². The first-order valence-electron chi connectivity index (χ1n) is 5.49. The van der Waals surface area contributed by atoms with E-state index in [9.17, 15) is 0 Å². The highest BCUT2D eigenvalue weighted by Crippen LogP contribution is 2.32. The van der Waals surface area contributed by atoms with Gasteiger partial charge in [-0.25, -0.2) is 9.97 Å². The molecule has 1 saturated heterocycles. The number of hydrogen-bond donors (Lipinski definition) is 0. The minimum atomic E-state index is 0.466. The summed E-state index contributed by atoms with van der Waals surface area (Å²) >= 11 is 2.33. The van der Waals surface area contributed by atoms with E-state index in [1.54, 1.807) is 0 Å². The molecular weight excluding hydrogens is 315 g/mol. The fraction of sp³-hybridized carbons (Fsp3) is 0.636. The fourth-order valence-corrected chi connectivity index (χ4v) is 2.69. The van der Waals surface area contributed by atoms with Gasteiger partial charge >= 0.3 is 0 Å². The molecule has 1 atom stereocenters. The molecule has 0 N–H and O–H groups in total. The summed E-state index contributed by atoms with van der Waals surface area (Å²) in [5, 5.41) is 0. The average Bonchev–Trinajstić information content (AvgIpc) is 2.65. The van der Waals surface area contributed by atoms with Crippen molar-refractivity contribution >= 4 is 28.5 Å². The molecule has 88 valence electrons. The van der Waals surface area contributed by atoms with Gasteiger partial charge in [0.1, 0.15) is 0 Å². The number of rotatable bonds is 2. The normalized spacial score (nSPS) is 21.4. The molecular formula is C11H17IN4. The highest BCUT2D eigenvalue weighted by Gasteiger charge is 2.26. The van der Waals surface area contributed by atoms with Gasteiger partial charge in [-0.1, -0.05) is 0 Å². The third-order valence-corrected chi connectivity index (χ3v) is 3.83. The van der Waals surface area contributed by atoms with Crippen molar-refractivity contribution in [3.05, 3.63) is 15.5 Å². The molecule has 1 fully saturated rings. The zero-order valence-corrected chi connectivity index (χ0v) is 12.1. The van der Waals surface area contributed by atoms with Crippen molar-refractivity contribution in [2.45, 2.75) is 18.9 Å². The van der Waals surface area contributed by atoms with Gasteiger partial charge in [0.2, 0.25) is 5.95 Å². The third kappa shape index (κ3) is 2.29. The topological polar surface area (TPSA) is 32.3 Å². The Hall–Kier alpha value is -0.430. The summed E-state index contributed by atoms with van der Waals surface area (Å²) in [5.41, 5.74) is 1.18. The summed E-state index contributed by atoms with van der Waals surface area (Å²) in [7, 11) is 6.12. The molecule has 0 spiro atoms. The lowest BCUT2D eigenvalue weighted by atomic mass is 10.1. The van der Waals surface area contributed by atoms with Crippen LogP contribution in [0.15, 0.2) is 6.20 Å². The molecule has 0 unspecified atom stereocenters. The zero-order chi connectivity index (χ0) is 11.7. The maximum absolute atomic E-state index is 4.67. The standard InChI is InChI=1S/C11H17IN4/c1-15(2)11-13-7-8(12)10(14-11)9-5-4-6-16(9)3/h7,9H,4-6H2,1-3H3/t9-/m1/s1. The van der Waals surface area contributed by atoms with Gasteiger partial charge in [0.05, 0.1) is 15.3 Å². The molecule has 1 aromatic heterocycles. The van der Waals surface area contributed by atoms with Crippen LogP contribution in [0.5, 0.6) is 0 Å². The van der Waals surface area contributed by atoms with E-state index in [4.69, 9.17) is 0 Å². The van der Waals surface area contributed by atoms with Crippen LogP contribution in [-0.4, -0.2) is 42.6 Å². The minimum absolute atomic E-state index is 0.466. The Labute approximate surface area is 110 Å². The smallest absolute Gasteiger partial charge is 0.225 e. The monoisotopic (exact) mass is 332 g/mol. The van der Waals surface area contributed by atoms with Crippen molar-refractivity contribution < 1.29 is 0 Å². The quantitative estimate of drug-likeness (QED) is 0.775. The predicted octanol–water partition coefficient (Wildman–Crippen LogP) is 1.91. The van der Waals surface area contributed by atoms with Crippen LogP contribution in [0.3, 0.4) is 0 Å². The Morgan fingerprint density at radius 3 is 2.81 bits per heavy atom. The Bertz CT molecular complexity index is 380. The maximum Gasteiger partial charge on any atom is 0.225 e. The molecule has 0 amide bonds. The van der Waals surface area contributed by atoms with E-state index in [0.29, 0.717) is 6.04 Å². The van der Waals surface area contributed by atoms with Gasteiger partial charge in [0.15, 0.2) is 0 Å². The second-order valence-corrected chi connectivity index (χ2v) is 5.60. The average molecular weight is 332 g/mol.